The van der Waals surface area contributed by atoms with Gasteiger partial charge in [-0.15, -0.1) is 11.3 Å². The Kier molecular flexibility index (Phi) is 5.26. The van der Waals surface area contributed by atoms with Crippen molar-refractivity contribution in [3.8, 4) is 5.75 Å². The van der Waals surface area contributed by atoms with Crippen molar-refractivity contribution >= 4 is 48.1 Å². The SMILES string of the molecule is O=S(=O)(c1cccs1)N1CCN(Cc2c(O)ccc3cc(Br)ccc23)CC1. The van der Waals surface area contributed by atoms with Crippen LogP contribution in [0, 0.1) is 0 Å². The number of rotatable bonds is 4. The zero-order valence-electron chi connectivity index (χ0n) is 14.5. The smallest absolute Gasteiger partial charge is 0.252 e. The van der Waals surface area contributed by atoms with Crippen molar-refractivity contribution in [3.05, 3.63) is 57.9 Å². The van der Waals surface area contributed by atoms with Crippen LogP contribution < -0.4 is 0 Å². The Hall–Kier alpha value is -1.45. The van der Waals surface area contributed by atoms with E-state index in [-0.39, 0.29) is 5.75 Å². The number of thiophene rings is 1. The molecular formula is C19H19BrN2O3S2. The van der Waals surface area contributed by atoms with Crippen LogP contribution in [0.25, 0.3) is 10.8 Å². The van der Waals surface area contributed by atoms with Gasteiger partial charge < -0.3 is 5.11 Å². The van der Waals surface area contributed by atoms with Crippen LogP contribution in [0.4, 0.5) is 0 Å². The molecule has 1 N–H and O–H groups in total. The summed E-state index contributed by atoms with van der Waals surface area (Å²) < 4.78 is 28.2. The third-order valence-electron chi connectivity index (χ3n) is 4.87. The largest absolute Gasteiger partial charge is 0.508 e. The molecule has 27 heavy (non-hydrogen) atoms. The first kappa shape index (κ1) is 18.9. The second-order valence-electron chi connectivity index (χ2n) is 6.54. The first-order valence-electron chi connectivity index (χ1n) is 8.61. The first-order chi connectivity index (χ1) is 12.9. The maximum Gasteiger partial charge on any atom is 0.252 e. The maximum atomic E-state index is 12.6. The average Bonchev–Trinajstić information content (AvgIpc) is 3.20. The molecule has 0 amide bonds. The second-order valence-corrected chi connectivity index (χ2v) is 10.6. The highest BCUT2D eigenvalue weighted by Gasteiger charge is 2.29. The van der Waals surface area contributed by atoms with Crippen LogP contribution >= 0.6 is 27.3 Å². The zero-order chi connectivity index (χ0) is 19.0. The Morgan fingerprint density at radius 1 is 1.07 bits per heavy atom. The number of benzene rings is 2. The number of halogens is 1. The molecular weight excluding hydrogens is 448 g/mol. The van der Waals surface area contributed by atoms with Crippen molar-refractivity contribution < 1.29 is 13.5 Å². The average molecular weight is 467 g/mol. The summed E-state index contributed by atoms with van der Waals surface area (Å²) in [7, 11) is -3.39. The number of sulfonamides is 1. The van der Waals surface area contributed by atoms with Gasteiger partial charge in [-0.2, -0.15) is 4.31 Å². The van der Waals surface area contributed by atoms with Crippen LogP contribution in [0.5, 0.6) is 5.75 Å². The summed E-state index contributed by atoms with van der Waals surface area (Å²) in [5.74, 6) is 0.276. The molecule has 0 spiro atoms. The van der Waals surface area contributed by atoms with E-state index in [9.17, 15) is 13.5 Å². The molecule has 0 saturated carbocycles. The normalized spacial score (nSPS) is 16.8. The Labute approximate surface area is 171 Å². The summed E-state index contributed by atoms with van der Waals surface area (Å²) in [5, 5.41) is 14.2. The van der Waals surface area contributed by atoms with E-state index < -0.39 is 10.0 Å². The van der Waals surface area contributed by atoms with Crippen LogP contribution in [0.15, 0.2) is 56.5 Å². The Balaban J connectivity index is 1.50. The Morgan fingerprint density at radius 2 is 1.85 bits per heavy atom. The van der Waals surface area contributed by atoms with Crippen molar-refractivity contribution in [1.29, 1.82) is 0 Å². The van der Waals surface area contributed by atoms with Gasteiger partial charge in [0.15, 0.2) is 0 Å². The number of hydrogen-bond acceptors (Lipinski definition) is 5. The van der Waals surface area contributed by atoms with Crippen LogP contribution in [0.2, 0.25) is 0 Å². The number of piperazine rings is 1. The minimum absolute atomic E-state index is 0.276. The summed E-state index contributed by atoms with van der Waals surface area (Å²) in [6, 6.07) is 13.0. The number of aromatic hydroxyl groups is 1. The molecule has 0 radical (unpaired) electrons. The molecule has 0 atom stereocenters. The van der Waals surface area contributed by atoms with E-state index in [0.717, 1.165) is 20.8 Å². The fourth-order valence-electron chi connectivity index (χ4n) is 3.41. The van der Waals surface area contributed by atoms with Gasteiger partial charge in [0.1, 0.15) is 9.96 Å². The van der Waals surface area contributed by atoms with Gasteiger partial charge in [0.2, 0.25) is 0 Å². The van der Waals surface area contributed by atoms with Gasteiger partial charge in [0, 0.05) is 42.8 Å². The molecule has 4 rings (SSSR count). The van der Waals surface area contributed by atoms with E-state index in [1.807, 2.05) is 24.3 Å². The highest BCUT2D eigenvalue weighted by Crippen LogP contribution is 2.31. The topological polar surface area (TPSA) is 60.9 Å². The van der Waals surface area contributed by atoms with Crippen LogP contribution in [0.1, 0.15) is 5.56 Å². The van der Waals surface area contributed by atoms with Gasteiger partial charge in [-0.05, 0) is 40.4 Å². The molecule has 1 fully saturated rings. The molecule has 5 nitrogen and oxygen atoms in total. The number of fused-ring (bicyclic) bond motifs is 1. The molecule has 0 aliphatic carbocycles. The van der Waals surface area contributed by atoms with Gasteiger partial charge >= 0.3 is 0 Å². The van der Waals surface area contributed by atoms with E-state index in [1.165, 1.54) is 11.3 Å². The van der Waals surface area contributed by atoms with Crippen molar-refractivity contribution in [2.75, 3.05) is 26.2 Å². The molecule has 142 valence electrons. The number of nitrogens with zero attached hydrogens (tertiary/aromatic N) is 2. The lowest BCUT2D eigenvalue weighted by Crippen LogP contribution is -2.48. The summed E-state index contributed by atoms with van der Waals surface area (Å²) in [6.07, 6.45) is 0. The van der Waals surface area contributed by atoms with E-state index in [0.29, 0.717) is 36.9 Å². The van der Waals surface area contributed by atoms with E-state index in [2.05, 4.69) is 20.8 Å². The van der Waals surface area contributed by atoms with Gasteiger partial charge in [0.05, 0.1) is 0 Å². The molecule has 0 unspecified atom stereocenters. The van der Waals surface area contributed by atoms with E-state index in [1.54, 1.807) is 27.9 Å². The predicted octanol–water partition coefficient (Wildman–Crippen LogP) is 3.88. The first-order valence-corrected chi connectivity index (χ1v) is 11.7. The van der Waals surface area contributed by atoms with Crippen molar-refractivity contribution in [2.24, 2.45) is 0 Å². The van der Waals surface area contributed by atoms with Crippen molar-refractivity contribution in [2.45, 2.75) is 10.8 Å². The maximum absolute atomic E-state index is 12.6. The monoisotopic (exact) mass is 466 g/mol. The second kappa shape index (κ2) is 7.52. The molecule has 1 aliphatic heterocycles. The molecule has 1 aromatic heterocycles. The lowest BCUT2D eigenvalue weighted by molar-refractivity contribution is 0.181. The van der Waals surface area contributed by atoms with Crippen molar-refractivity contribution in [1.82, 2.24) is 9.21 Å². The van der Waals surface area contributed by atoms with Crippen LogP contribution in [-0.2, 0) is 16.6 Å². The Bertz CT molecular complexity index is 1060. The molecule has 2 heterocycles. The number of hydrogen-bond donors (Lipinski definition) is 1. The number of phenolic OH excluding ortho intramolecular Hbond substituents is 1. The lowest BCUT2D eigenvalue weighted by Gasteiger charge is -2.34. The molecule has 8 heteroatoms. The standard InChI is InChI=1S/C19H19BrN2O3S2/c20-15-4-5-16-14(12-15)3-6-18(23)17(16)13-21-7-9-22(10-8-21)27(24,25)19-2-1-11-26-19/h1-6,11-12,23H,7-10,13H2. The molecule has 1 saturated heterocycles. The highest BCUT2D eigenvalue weighted by atomic mass is 79.9. The summed E-state index contributed by atoms with van der Waals surface area (Å²) >= 11 is 4.73. The lowest BCUT2D eigenvalue weighted by atomic mass is 10.0. The van der Waals surface area contributed by atoms with Crippen molar-refractivity contribution in [3.63, 3.8) is 0 Å². The quantitative estimate of drug-likeness (QED) is 0.633. The number of phenols is 1. The predicted molar refractivity (Wildman–Crippen MR) is 112 cm³/mol. The van der Waals surface area contributed by atoms with Gasteiger partial charge in [0.25, 0.3) is 10.0 Å². The minimum Gasteiger partial charge on any atom is -0.508 e. The van der Waals surface area contributed by atoms with Gasteiger partial charge in [-0.1, -0.05) is 34.1 Å². The van der Waals surface area contributed by atoms with Crippen LogP contribution in [-0.4, -0.2) is 48.9 Å². The fourth-order valence-corrected chi connectivity index (χ4v) is 6.35. The summed E-state index contributed by atoms with van der Waals surface area (Å²) in [6.45, 7) is 2.78. The summed E-state index contributed by atoms with van der Waals surface area (Å²) in [5.41, 5.74) is 0.884. The summed E-state index contributed by atoms with van der Waals surface area (Å²) in [4.78, 5) is 2.19. The fraction of sp³-hybridized carbons (Fsp3) is 0.263. The zero-order valence-corrected chi connectivity index (χ0v) is 17.7. The highest BCUT2D eigenvalue weighted by molar-refractivity contribution is 9.10. The Morgan fingerprint density at radius 3 is 2.56 bits per heavy atom. The third-order valence-corrected chi connectivity index (χ3v) is 8.64. The van der Waals surface area contributed by atoms with E-state index in [4.69, 9.17) is 0 Å². The van der Waals surface area contributed by atoms with Gasteiger partial charge in [-0.25, -0.2) is 8.42 Å². The van der Waals surface area contributed by atoms with Crippen LogP contribution in [0.3, 0.4) is 0 Å². The molecule has 0 bridgehead atoms. The third kappa shape index (κ3) is 3.77. The van der Waals surface area contributed by atoms with Gasteiger partial charge in [-0.3, -0.25) is 4.90 Å². The molecule has 3 aromatic rings. The van der Waals surface area contributed by atoms with E-state index >= 15 is 0 Å². The molecule has 1 aliphatic rings. The molecule has 2 aromatic carbocycles. The minimum atomic E-state index is -3.39.